The molecule has 2 fully saturated rings. The maximum Gasteiger partial charge on any atom is 0.279 e. The molecule has 1 aromatic rings. The molecular weight excluding hydrogens is 418 g/mol. The molecule has 2 N–H and O–H groups in total. The van der Waals surface area contributed by atoms with Gasteiger partial charge in [-0.3, -0.25) is 19.3 Å². The molecule has 0 aromatic heterocycles. The lowest BCUT2D eigenvalue weighted by atomic mass is 9.94. The SMILES string of the molecule is Cc1ccc(C(=O)NCC2CCCO2)cc1NC1=C(Cl)C(=O)N(C2CCCCC2)C1=O. The average molecular weight is 446 g/mol. The van der Waals surface area contributed by atoms with Crippen LogP contribution in [0.15, 0.2) is 28.9 Å². The van der Waals surface area contributed by atoms with E-state index in [1.165, 1.54) is 4.90 Å². The van der Waals surface area contributed by atoms with E-state index in [1.54, 1.807) is 18.2 Å². The lowest BCUT2D eigenvalue weighted by Crippen LogP contribution is -2.42. The van der Waals surface area contributed by atoms with Gasteiger partial charge in [-0.15, -0.1) is 0 Å². The Labute approximate surface area is 187 Å². The highest BCUT2D eigenvalue weighted by Crippen LogP contribution is 2.33. The molecule has 2 aliphatic heterocycles. The number of nitrogens with one attached hydrogen (secondary N) is 2. The summed E-state index contributed by atoms with van der Waals surface area (Å²) in [5.41, 5.74) is 1.95. The zero-order valence-corrected chi connectivity index (χ0v) is 18.5. The smallest absolute Gasteiger partial charge is 0.279 e. The Morgan fingerprint density at radius 1 is 1.13 bits per heavy atom. The molecule has 31 heavy (non-hydrogen) atoms. The van der Waals surface area contributed by atoms with E-state index in [-0.39, 0.29) is 28.8 Å². The van der Waals surface area contributed by atoms with E-state index in [4.69, 9.17) is 16.3 Å². The molecule has 1 saturated carbocycles. The Morgan fingerprint density at radius 3 is 2.61 bits per heavy atom. The van der Waals surface area contributed by atoms with Crippen LogP contribution in [0, 0.1) is 6.92 Å². The summed E-state index contributed by atoms with van der Waals surface area (Å²) in [5.74, 6) is -1.05. The van der Waals surface area contributed by atoms with Crippen LogP contribution in [0.3, 0.4) is 0 Å². The van der Waals surface area contributed by atoms with Crippen molar-refractivity contribution in [2.75, 3.05) is 18.5 Å². The first kappa shape index (κ1) is 21.8. The maximum absolute atomic E-state index is 13.0. The summed E-state index contributed by atoms with van der Waals surface area (Å²) in [6.45, 7) is 3.07. The lowest BCUT2D eigenvalue weighted by molar-refractivity contribution is -0.140. The van der Waals surface area contributed by atoms with Crippen molar-refractivity contribution in [2.24, 2.45) is 0 Å². The van der Waals surface area contributed by atoms with Gasteiger partial charge in [0.05, 0.1) is 6.10 Å². The van der Waals surface area contributed by atoms with Crippen LogP contribution in [0.5, 0.6) is 0 Å². The summed E-state index contributed by atoms with van der Waals surface area (Å²) < 4.78 is 5.54. The third-order valence-corrected chi connectivity index (χ3v) is 6.62. The van der Waals surface area contributed by atoms with Crippen molar-refractivity contribution < 1.29 is 19.1 Å². The molecule has 3 aliphatic rings. The van der Waals surface area contributed by atoms with E-state index in [1.807, 2.05) is 6.92 Å². The number of imide groups is 1. The van der Waals surface area contributed by atoms with Crippen molar-refractivity contribution >= 4 is 35.0 Å². The molecule has 166 valence electrons. The topological polar surface area (TPSA) is 87.7 Å². The highest BCUT2D eigenvalue weighted by atomic mass is 35.5. The van der Waals surface area contributed by atoms with E-state index in [0.717, 1.165) is 57.1 Å². The number of benzene rings is 1. The molecule has 2 heterocycles. The van der Waals surface area contributed by atoms with Gasteiger partial charge in [0.15, 0.2) is 0 Å². The second-order valence-electron chi connectivity index (χ2n) is 8.46. The Bertz CT molecular complexity index is 917. The Hall–Kier alpha value is -2.38. The summed E-state index contributed by atoms with van der Waals surface area (Å²) in [6.07, 6.45) is 6.78. The molecule has 1 saturated heterocycles. The van der Waals surface area contributed by atoms with Gasteiger partial charge in [-0.1, -0.05) is 36.9 Å². The number of rotatable bonds is 6. The Balaban J connectivity index is 1.47. The fourth-order valence-electron chi connectivity index (χ4n) is 4.44. The Kier molecular flexibility index (Phi) is 6.62. The minimum absolute atomic E-state index is 0.0591. The Morgan fingerprint density at radius 2 is 1.90 bits per heavy atom. The molecule has 1 unspecified atom stereocenters. The van der Waals surface area contributed by atoms with Crippen LogP contribution in [-0.4, -0.2) is 47.9 Å². The zero-order chi connectivity index (χ0) is 22.0. The van der Waals surface area contributed by atoms with Gasteiger partial charge in [-0.05, 0) is 50.3 Å². The van der Waals surface area contributed by atoms with Crippen LogP contribution in [0.2, 0.25) is 0 Å². The number of aryl methyl sites for hydroxylation is 1. The number of nitrogens with zero attached hydrogens (tertiary/aromatic N) is 1. The number of carbonyl (C=O) groups is 3. The highest BCUT2D eigenvalue weighted by molar-refractivity contribution is 6.48. The van der Waals surface area contributed by atoms with Crippen molar-refractivity contribution in [2.45, 2.75) is 64.0 Å². The van der Waals surface area contributed by atoms with Gasteiger partial charge < -0.3 is 15.4 Å². The first-order chi connectivity index (χ1) is 15.0. The predicted octanol–water partition coefficient (Wildman–Crippen LogP) is 3.47. The van der Waals surface area contributed by atoms with Crippen molar-refractivity contribution in [3.63, 3.8) is 0 Å². The third kappa shape index (κ3) is 4.62. The van der Waals surface area contributed by atoms with E-state index in [9.17, 15) is 14.4 Å². The van der Waals surface area contributed by atoms with Crippen LogP contribution in [0.4, 0.5) is 5.69 Å². The van der Waals surface area contributed by atoms with Crippen molar-refractivity contribution in [3.05, 3.63) is 40.1 Å². The van der Waals surface area contributed by atoms with E-state index < -0.39 is 11.8 Å². The molecule has 1 atom stereocenters. The fraction of sp³-hybridized carbons (Fsp3) is 0.522. The zero-order valence-electron chi connectivity index (χ0n) is 17.7. The second-order valence-corrected chi connectivity index (χ2v) is 8.84. The number of anilines is 1. The maximum atomic E-state index is 13.0. The van der Waals surface area contributed by atoms with Crippen LogP contribution in [0.1, 0.15) is 60.9 Å². The van der Waals surface area contributed by atoms with E-state index >= 15 is 0 Å². The molecule has 0 radical (unpaired) electrons. The number of carbonyl (C=O) groups excluding carboxylic acids is 3. The summed E-state index contributed by atoms with van der Waals surface area (Å²) in [7, 11) is 0. The second kappa shape index (κ2) is 9.40. The van der Waals surface area contributed by atoms with Gasteiger partial charge in [-0.2, -0.15) is 0 Å². The van der Waals surface area contributed by atoms with Gasteiger partial charge >= 0.3 is 0 Å². The quantitative estimate of drug-likeness (QED) is 0.654. The molecule has 8 heteroatoms. The summed E-state index contributed by atoms with van der Waals surface area (Å²) in [5, 5.41) is 5.83. The van der Waals surface area contributed by atoms with Gasteiger partial charge in [0, 0.05) is 30.4 Å². The summed E-state index contributed by atoms with van der Waals surface area (Å²) in [4.78, 5) is 39.6. The van der Waals surface area contributed by atoms with Crippen LogP contribution in [-0.2, 0) is 14.3 Å². The van der Waals surface area contributed by atoms with Gasteiger partial charge in [0.25, 0.3) is 17.7 Å². The first-order valence-electron chi connectivity index (χ1n) is 11.0. The minimum atomic E-state index is -0.441. The summed E-state index contributed by atoms with van der Waals surface area (Å²) in [6, 6.07) is 5.12. The molecule has 0 spiro atoms. The number of amides is 3. The molecular formula is C23H28ClN3O4. The van der Waals surface area contributed by atoms with Crippen molar-refractivity contribution in [3.8, 4) is 0 Å². The van der Waals surface area contributed by atoms with Gasteiger partial charge in [-0.25, -0.2) is 0 Å². The normalized spacial score (nSPS) is 22.4. The van der Waals surface area contributed by atoms with Crippen LogP contribution in [0.25, 0.3) is 0 Å². The molecule has 0 bridgehead atoms. The third-order valence-electron chi connectivity index (χ3n) is 6.27. The molecule has 4 rings (SSSR count). The fourth-order valence-corrected chi connectivity index (χ4v) is 4.66. The van der Waals surface area contributed by atoms with Crippen LogP contribution < -0.4 is 10.6 Å². The highest BCUT2D eigenvalue weighted by Gasteiger charge is 2.42. The number of halogens is 1. The first-order valence-corrected chi connectivity index (χ1v) is 11.4. The van der Waals surface area contributed by atoms with Crippen molar-refractivity contribution in [1.82, 2.24) is 10.2 Å². The van der Waals surface area contributed by atoms with E-state index in [0.29, 0.717) is 17.8 Å². The molecule has 1 aliphatic carbocycles. The molecule has 3 amide bonds. The van der Waals surface area contributed by atoms with Crippen molar-refractivity contribution in [1.29, 1.82) is 0 Å². The largest absolute Gasteiger partial charge is 0.376 e. The van der Waals surface area contributed by atoms with E-state index in [2.05, 4.69) is 10.6 Å². The van der Waals surface area contributed by atoms with Crippen LogP contribution >= 0.6 is 11.6 Å². The average Bonchev–Trinajstić information content (AvgIpc) is 3.37. The molecule has 7 nitrogen and oxygen atoms in total. The lowest BCUT2D eigenvalue weighted by Gasteiger charge is -2.29. The minimum Gasteiger partial charge on any atom is -0.376 e. The number of ether oxygens (including phenoxy) is 1. The number of hydrogen-bond donors (Lipinski definition) is 2. The number of hydrogen-bond acceptors (Lipinski definition) is 5. The molecule has 1 aromatic carbocycles. The van der Waals surface area contributed by atoms with Gasteiger partial charge in [0.1, 0.15) is 10.7 Å². The summed E-state index contributed by atoms with van der Waals surface area (Å²) >= 11 is 6.28. The van der Waals surface area contributed by atoms with Gasteiger partial charge in [0.2, 0.25) is 0 Å². The standard InChI is InChI=1S/C23H28ClN3O4/c1-14-9-10-15(21(28)25-13-17-8-5-11-31-17)12-18(14)26-20-19(24)22(29)27(23(20)30)16-6-3-2-4-7-16/h9-10,12,16-17,26H,2-8,11,13H2,1H3,(H,25,28). The predicted molar refractivity (Wildman–Crippen MR) is 118 cm³/mol. The monoisotopic (exact) mass is 445 g/mol.